The van der Waals surface area contributed by atoms with Gasteiger partial charge in [0.15, 0.2) is 0 Å². The Balaban J connectivity index is 1.58. The Kier molecular flexibility index (Phi) is 5.11. The van der Waals surface area contributed by atoms with Gasteiger partial charge < -0.3 is 10.1 Å². The second-order valence-electron chi connectivity index (χ2n) is 5.69. The Hall–Kier alpha value is -2.82. The predicted molar refractivity (Wildman–Crippen MR) is 95.5 cm³/mol. The molecule has 2 aromatic carbocycles. The average Bonchev–Trinajstić information content (AvgIpc) is 2.64. The van der Waals surface area contributed by atoms with Crippen molar-refractivity contribution >= 4 is 17.3 Å². The van der Waals surface area contributed by atoms with Crippen LogP contribution < -0.4 is 15.5 Å². The van der Waals surface area contributed by atoms with Crippen molar-refractivity contribution in [1.29, 1.82) is 0 Å². The second-order valence-corrected chi connectivity index (χ2v) is 5.69. The largest absolute Gasteiger partial charge is 0.497 e. The molecule has 0 unspecified atom stereocenters. The number of carbonyl (C=O) groups is 1. The number of carbonyl (C=O) groups excluding carboxylic acids is 1. The standard InChI is InChI=1S/C19H21N3O2/c1-24-16-9-5-8-15(12-16)20-13-19(23)22-21-18-11-4-7-14-6-2-3-10-17(14)18/h2-3,5-6,8-10,12,20H,4,7,11,13H2,1H3,(H,22,23)/b21-18-. The van der Waals surface area contributed by atoms with E-state index in [-0.39, 0.29) is 12.5 Å². The van der Waals surface area contributed by atoms with Gasteiger partial charge >= 0.3 is 0 Å². The molecule has 1 amide bonds. The zero-order valence-electron chi connectivity index (χ0n) is 13.7. The van der Waals surface area contributed by atoms with Crippen molar-refractivity contribution in [1.82, 2.24) is 5.43 Å². The van der Waals surface area contributed by atoms with Gasteiger partial charge in [-0.05, 0) is 37.0 Å². The van der Waals surface area contributed by atoms with E-state index >= 15 is 0 Å². The van der Waals surface area contributed by atoms with Crippen molar-refractivity contribution in [2.45, 2.75) is 19.3 Å². The quantitative estimate of drug-likeness (QED) is 0.832. The van der Waals surface area contributed by atoms with E-state index in [9.17, 15) is 4.79 Å². The molecule has 3 rings (SSSR count). The van der Waals surface area contributed by atoms with Crippen LogP contribution in [0.25, 0.3) is 0 Å². The molecule has 0 heterocycles. The van der Waals surface area contributed by atoms with Crippen LogP contribution in [0.3, 0.4) is 0 Å². The number of benzene rings is 2. The van der Waals surface area contributed by atoms with Gasteiger partial charge in [0.25, 0.3) is 5.91 Å². The minimum atomic E-state index is -0.173. The van der Waals surface area contributed by atoms with Gasteiger partial charge in [-0.15, -0.1) is 0 Å². The van der Waals surface area contributed by atoms with Crippen molar-refractivity contribution < 1.29 is 9.53 Å². The molecule has 2 N–H and O–H groups in total. The zero-order valence-corrected chi connectivity index (χ0v) is 13.7. The third kappa shape index (κ3) is 3.93. The van der Waals surface area contributed by atoms with Gasteiger partial charge in [-0.25, -0.2) is 5.43 Å². The number of nitrogens with one attached hydrogen (secondary N) is 2. The van der Waals surface area contributed by atoms with E-state index in [1.807, 2.05) is 36.4 Å². The highest BCUT2D eigenvalue weighted by atomic mass is 16.5. The van der Waals surface area contributed by atoms with Crippen molar-refractivity contribution in [2.24, 2.45) is 5.10 Å². The molecule has 0 bridgehead atoms. The van der Waals surface area contributed by atoms with Crippen LogP contribution in [-0.4, -0.2) is 25.3 Å². The summed E-state index contributed by atoms with van der Waals surface area (Å²) in [6, 6.07) is 15.7. The number of methoxy groups -OCH3 is 1. The maximum atomic E-state index is 12.0. The van der Waals surface area contributed by atoms with Crippen LogP contribution in [0.5, 0.6) is 5.75 Å². The maximum Gasteiger partial charge on any atom is 0.259 e. The first kappa shape index (κ1) is 16.1. The highest BCUT2D eigenvalue weighted by Crippen LogP contribution is 2.21. The van der Waals surface area contributed by atoms with Gasteiger partial charge in [-0.2, -0.15) is 5.10 Å². The first-order valence-electron chi connectivity index (χ1n) is 8.08. The Bertz CT molecular complexity index is 756. The number of aryl methyl sites for hydroxylation is 1. The minimum Gasteiger partial charge on any atom is -0.497 e. The Morgan fingerprint density at radius 2 is 2.04 bits per heavy atom. The molecule has 24 heavy (non-hydrogen) atoms. The van der Waals surface area contributed by atoms with Crippen LogP contribution in [-0.2, 0) is 11.2 Å². The fourth-order valence-electron chi connectivity index (χ4n) is 2.80. The SMILES string of the molecule is COc1cccc(NCC(=O)N/N=C2/CCCc3ccccc32)c1. The maximum absolute atomic E-state index is 12.0. The smallest absolute Gasteiger partial charge is 0.259 e. The summed E-state index contributed by atoms with van der Waals surface area (Å²) in [7, 11) is 1.62. The fraction of sp³-hybridized carbons (Fsp3) is 0.263. The molecule has 0 saturated heterocycles. The number of fused-ring (bicyclic) bond motifs is 1. The molecule has 0 saturated carbocycles. The van der Waals surface area contributed by atoms with Crippen molar-refractivity contribution in [3.05, 3.63) is 59.7 Å². The summed E-state index contributed by atoms with van der Waals surface area (Å²) in [5.41, 5.74) is 6.87. The van der Waals surface area contributed by atoms with Crippen LogP contribution in [0.15, 0.2) is 53.6 Å². The summed E-state index contributed by atoms with van der Waals surface area (Å²) >= 11 is 0. The summed E-state index contributed by atoms with van der Waals surface area (Å²) in [6.07, 6.45) is 3.02. The number of anilines is 1. The van der Waals surface area contributed by atoms with Gasteiger partial charge in [0.1, 0.15) is 5.75 Å². The lowest BCUT2D eigenvalue weighted by molar-refractivity contribution is -0.119. The van der Waals surface area contributed by atoms with Gasteiger partial charge in [0.2, 0.25) is 0 Å². The fourth-order valence-corrected chi connectivity index (χ4v) is 2.80. The van der Waals surface area contributed by atoms with Crippen LogP contribution in [0.1, 0.15) is 24.0 Å². The van der Waals surface area contributed by atoms with E-state index in [0.717, 1.165) is 42.0 Å². The molecule has 0 aliphatic heterocycles. The summed E-state index contributed by atoms with van der Waals surface area (Å²) in [4.78, 5) is 12.0. The predicted octanol–water partition coefficient (Wildman–Crippen LogP) is 2.96. The lowest BCUT2D eigenvalue weighted by Crippen LogP contribution is -2.27. The molecule has 0 radical (unpaired) electrons. The van der Waals surface area contributed by atoms with Crippen molar-refractivity contribution in [3.63, 3.8) is 0 Å². The third-order valence-corrected chi connectivity index (χ3v) is 4.03. The monoisotopic (exact) mass is 323 g/mol. The molecule has 0 atom stereocenters. The van der Waals surface area contributed by atoms with Gasteiger partial charge in [-0.1, -0.05) is 30.3 Å². The molecular formula is C19H21N3O2. The zero-order chi connectivity index (χ0) is 16.8. The highest BCUT2D eigenvalue weighted by Gasteiger charge is 2.15. The number of hydrazone groups is 1. The molecule has 1 aliphatic carbocycles. The molecule has 124 valence electrons. The molecule has 1 aliphatic rings. The van der Waals surface area contributed by atoms with Crippen molar-refractivity contribution in [3.8, 4) is 5.75 Å². The van der Waals surface area contributed by atoms with Gasteiger partial charge in [-0.3, -0.25) is 4.79 Å². The number of hydrogen-bond acceptors (Lipinski definition) is 4. The van der Waals surface area contributed by atoms with E-state index in [1.165, 1.54) is 5.56 Å². The van der Waals surface area contributed by atoms with Gasteiger partial charge in [0, 0.05) is 17.3 Å². The number of amides is 1. The Morgan fingerprint density at radius 3 is 2.92 bits per heavy atom. The van der Waals surface area contributed by atoms with E-state index in [2.05, 4.69) is 28.0 Å². The number of rotatable bonds is 5. The summed E-state index contributed by atoms with van der Waals surface area (Å²) in [5, 5.41) is 7.39. The molecule has 0 fully saturated rings. The molecule has 5 heteroatoms. The Labute approximate surface area is 141 Å². The molecule has 0 spiro atoms. The summed E-state index contributed by atoms with van der Waals surface area (Å²) in [5.74, 6) is 0.577. The molecular weight excluding hydrogens is 302 g/mol. The average molecular weight is 323 g/mol. The topological polar surface area (TPSA) is 62.7 Å². The minimum absolute atomic E-state index is 0.158. The number of hydrogen-bond donors (Lipinski definition) is 2. The number of ether oxygens (including phenoxy) is 1. The highest BCUT2D eigenvalue weighted by molar-refractivity contribution is 6.03. The summed E-state index contributed by atoms with van der Waals surface area (Å²) in [6.45, 7) is 0.158. The van der Waals surface area contributed by atoms with E-state index < -0.39 is 0 Å². The normalized spacial score (nSPS) is 14.8. The van der Waals surface area contributed by atoms with Crippen molar-refractivity contribution in [2.75, 3.05) is 19.0 Å². The van der Waals surface area contributed by atoms with Crippen LogP contribution in [0.2, 0.25) is 0 Å². The third-order valence-electron chi connectivity index (χ3n) is 4.03. The first-order chi connectivity index (χ1) is 11.8. The molecule has 5 nitrogen and oxygen atoms in total. The molecule has 0 aromatic heterocycles. The van der Waals surface area contributed by atoms with E-state index in [1.54, 1.807) is 7.11 Å². The van der Waals surface area contributed by atoms with Crippen LogP contribution in [0, 0.1) is 0 Å². The lowest BCUT2D eigenvalue weighted by Gasteiger charge is -2.17. The van der Waals surface area contributed by atoms with E-state index in [4.69, 9.17) is 4.74 Å². The molecule has 2 aromatic rings. The number of nitrogens with zero attached hydrogens (tertiary/aromatic N) is 1. The second kappa shape index (κ2) is 7.64. The van der Waals surface area contributed by atoms with Crippen LogP contribution in [0.4, 0.5) is 5.69 Å². The Morgan fingerprint density at radius 1 is 1.17 bits per heavy atom. The van der Waals surface area contributed by atoms with Gasteiger partial charge in [0.05, 0.1) is 19.4 Å². The van der Waals surface area contributed by atoms with E-state index in [0.29, 0.717) is 0 Å². The lowest BCUT2D eigenvalue weighted by atomic mass is 9.90. The van der Waals surface area contributed by atoms with Crippen LogP contribution >= 0.6 is 0 Å². The summed E-state index contributed by atoms with van der Waals surface area (Å²) < 4.78 is 5.16. The first-order valence-corrected chi connectivity index (χ1v) is 8.08.